The number of carbonyl (C=O) groups excluding carboxylic acids is 1. The first-order valence-electron chi connectivity index (χ1n) is 8.74. The van der Waals surface area contributed by atoms with Crippen molar-refractivity contribution in [3.05, 3.63) is 71.5 Å². The van der Waals surface area contributed by atoms with Gasteiger partial charge in [0.1, 0.15) is 5.82 Å². The molecule has 0 unspecified atom stereocenters. The molecule has 4 nitrogen and oxygen atoms in total. The highest BCUT2D eigenvalue weighted by Crippen LogP contribution is 2.07. The summed E-state index contributed by atoms with van der Waals surface area (Å²) in [6, 6.07) is 16.6. The van der Waals surface area contributed by atoms with Crippen LogP contribution in [0, 0.1) is 5.82 Å². The van der Waals surface area contributed by atoms with Gasteiger partial charge >= 0.3 is 6.03 Å². The molecule has 1 aliphatic heterocycles. The third-order valence-corrected chi connectivity index (χ3v) is 4.58. The Hall–Kier alpha value is -2.40. The number of nitrogens with zero attached hydrogens (tertiary/aromatic N) is 2. The lowest BCUT2D eigenvalue weighted by molar-refractivity contribution is 0.140. The fourth-order valence-corrected chi connectivity index (χ4v) is 3.00. The summed E-state index contributed by atoms with van der Waals surface area (Å²) in [5.74, 6) is -0.262. The minimum absolute atomic E-state index is 0.0490. The monoisotopic (exact) mass is 341 g/mol. The molecule has 1 heterocycles. The summed E-state index contributed by atoms with van der Waals surface area (Å²) in [6.45, 7) is 4.73. The second kappa shape index (κ2) is 8.62. The lowest BCUT2D eigenvalue weighted by atomic mass is 10.1. The van der Waals surface area contributed by atoms with Crippen LogP contribution in [0.15, 0.2) is 54.6 Å². The molecular formula is C20H24FN3O. The van der Waals surface area contributed by atoms with Gasteiger partial charge in [0.15, 0.2) is 0 Å². The van der Waals surface area contributed by atoms with E-state index in [9.17, 15) is 9.18 Å². The van der Waals surface area contributed by atoms with Gasteiger partial charge < -0.3 is 10.2 Å². The number of hydrogen-bond acceptors (Lipinski definition) is 2. The molecule has 0 aliphatic carbocycles. The van der Waals surface area contributed by atoms with Crippen molar-refractivity contribution in [3.63, 3.8) is 0 Å². The summed E-state index contributed by atoms with van der Waals surface area (Å²) in [7, 11) is 0. The first kappa shape index (κ1) is 17.4. The molecule has 2 amide bonds. The average molecular weight is 341 g/mol. The Balaban J connectivity index is 1.38. The van der Waals surface area contributed by atoms with Gasteiger partial charge in [-0.25, -0.2) is 9.18 Å². The highest BCUT2D eigenvalue weighted by molar-refractivity contribution is 5.74. The normalized spacial score (nSPS) is 15.2. The minimum Gasteiger partial charge on any atom is -0.334 e. The lowest BCUT2D eigenvalue weighted by Gasteiger charge is -2.34. The van der Waals surface area contributed by atoms with Crippen LogP contribution in [0.1, 0.15) is 11.1 Å². The molecule has 1 saturated heterocycles. The van der Waals surface area contributed by atoms with E-state index in [1.54, 1.807) is 12.1 Å². The first-order chi connectivity index (χ1) is 12.2. The summed E-state index contributed by atoms with van der Waals surface area (Å²) in [5.41, 5.74) is 2.25. The van der Waals surface area contributed by atoms with E-state index in [0.29, 0.717) is 6.54 Å². The van der Waals surface area contributed by atoms with Crippen LogP contribution >= 0.6 is 0 Å². The molecule has 5 heteroatoms. The van der Waals surface area contributed by atoms with Crippen molar-refractivity contribution in [3.8, 4) is 0 Å². The molecule has 1 aliphatic rings. The second-order valence-corrected chi connectivity index (χ2v) is 6.35. The maximum Gasteiger partial charge on any atom is 0.317 e. The summed E-state index contributed by atoms with van der Waals surface area (Å²) >= 11 is 0. The maximum atomic E-state index is 12.9. The molecule has 0 spiro atoms. The van der Waals surface area contributed by atoms with Crippen molar-refractivity contribution in [1.82, 2.24) is 15.1 Å². The standard InChI is InChI=1S/C20H24FN3O/c21-19-8-6-18(7-9-19)16-22-20(25)24-14-12-23(13-15-24)11-10-17-4-2-1-3-5-17/h1-9H,10-16H2,(H,22,25). The molecule has 2 aromatic carbocycles. The Morgan fingerprint density at radius 1 is 0.920 bits per heavy atom. The SMILES string of the molecule is O=C(NCc1ccc(F)cc1)N1CCN(CCc2ccccc2)CC1. The van der Waals surface area contributed by atoms with E-state index in [2.05, 4.69) is 34.5 Å². The molecule has 1 fully saturated rings. The van der Waals surface area contributed by atoms with E-state index in [-0.39, 0.29) is 11.8 Å². The fraction of sp³-hybridized carbons (Fsp3) is 0.350. The molecule has 1 N–H and O–H groups in total. The van der Waals surface area contributed by atoms with E-state index in [1.165, 1.54) is 17.7 Å². The van der Waals surface area contributed by atoms with Gasteiger partial charge in [0.2, 0.25) is 0 Å². The molecule has 25 heavy (non-hydrogen) atoms. The quantitative estimate of drug-likeness (QED) is 0.908. The van der Waals surface area contributed by atoms with Crippen LogP contribution in [-0.2, 0) is 13.0 Å². The van der Waals surface area contributed by atoms with Crippen LogP contribution in [-0.4, -0.2) is 48.6 Å². The van der Waals surface area contributed by atoms with E-state index < -0.39 is 0 Å². The van der Waals surface area contributed by atoms with Crippen LogP contribution in [0.25, 0.3) is 0 Å². The lowest BCUT2D eigenvalue weighted by Crippen LogP contribution is -2.51. The number of urea groups is 1. The molecule has 0 atom stereocenters. The van der Waals surface area contributed by atoms with Crippen molar-refractivity contribution in [1.29, 1.82) is 0 Å². The minimum atomic E-state index is -0.262. The highest BCUT2D eigenvalue weighted by atomic mass is 19.1. The number of nitrogens with one attached hydrogen (secondary N) is 1. The number of rotatable bonds is 5. The van der Waals surface area contributed by atoms with E-state index in [1.807, 2.05) is 11.0 Å². The van der Waals surface area contributed by atoms with Gasteiger partial charge in [0.25, 0.3) is 0 Å². The number of amides is 2. The molecular weight excluding hydrogens is 317 g/mol. The van der Waals surface area contributed by atoms with Gasteiger partial charge in [-0.3, -0.25) is 4.90 Å². The molecule has 0 saturated carbocycles. The average Bonchev–Trinajstić information content (AvgIpc) is 2.67. The van der Waals surface area contributed by atoms with Crippen molar-refractivity contribution in [2.24, 2.45) is 0 Å². The maximum absolute atomic E-state index is 12.9. The van der Waals surface area contributed by atoms with Crippen molar-refractivity contribution in [2.75, 3.05) is 32.7 Å². The van der Waals surface area contributed by atoms with Crippen LogP contribution in [0.5, 0.6) is 0 Å². The molecule has 3 rings (SSSR count). The summed E-state index contributed by atoms with van der Waals surface area (Å²) < 4.78 is 12.9. The zero-order chi connectivity index (χ0) is 17.5. The van der Waals surface area contributed by atoms with Gasteiger partial charge in [-0.05, 0) is 29.7 Å². The summed E-state index contributed by atoms with van der Waals surface area (Å²) in [6.07, 6.45) is 1.04. The number of carbonyl (C=O) groups is 1. The third-order valence-electron chi connectivity index (χ3n) is 4.58. The Kier molecular flexibility index (Phi) is 6.01. The van der Waals surface area contributed by atoms with Gasteiger partial charge in [0, 0.05) is 39.3 Å². The molecule has 0 bridgehead atoms. The zero-order valence-electron chi connectivity index (χ0n) is 14.3. The van der Waals surface area contributed by atoms with Crippen LogP contribution in [0.3, 0.4) is 0 Å². The Morgan fingerprint density at radius 2 is 1.60 bits per heavy atom. The third kappa shape index (κ3) is 5.29. The largest absolute Gasteiger partial charge is 0.334 e. The Labute approximate surface area is 148 Å². The Morgan fingerprint density at radius 3 is 2.28 bits per heavy atom. The smallest absolute Gasteiger partial charge is 0.317 e. The van der Waals surface area contributed by atoms with E-state index in [0.717, 1.165) is 44.7 Å². The first-order valence-corrected chi connectivity index (χ1v) is 8.74. The van der Waals surface area contributed by atoms with Crippen molar-refractivity contribution >= 4 is 6.03 Å². The van der Waals surface area contributed by atoms with Crippen LogP contribution in [0.2, 0.25) is 0 Å². The van der Waals surface area contributed by atoms with E-state index in [4.69, 9.17) is 0 Å². The fourth-order valence-electron chi connectivity index (χ4n) is 3.00. The molecule has 0 aromatic heterocycles. The predicted molar refractivity (Wildman–Crippen MR) is 96.8 cm³/mol. The summed E-state index contributed by atoms with van der Waals surface area (Å²) in [4.78, 5) is 16.5. The van der Waals surface area contributed by atoms with Crippen molar-refractivity contribution < 1.29 is 9.18 Å². The number of benzene rings is 2. The van der Waals surface area contributed by atoms with Crippen LogP contribution < -0.4 is 5.32 Å². The summed E-state index contributed by atoms with van der Waals surface area (Å²) in [5, 5.41) is 2.91. The van der Waals surface area contributed by atoms with Gasteiger partial charge in [0.05, 0.1) is 0 Å². The topological polar surface area (TPSA) is 35.6 Å². The van der Waals surface area contributed by atoms with Gasteiger partial charge in [-0.15, -0.1) is 0 Å². The molecule has 2 aromatic rings. The van der Waals surface area contributed by atoms with Crippen molar-refractivity contribution in [2.45, 2.75) is 13.0 Å². The predicted octanol–water partition coefficient (Wildman–Crippen LogP) is 2.90. The number of hydrogen-bond donors (Lipinski definition) is 1. The molecule has 132 valence electrons. The number of halogens is 1. The highest BCUT2D eigenvalue weighted by Gasteiger charge is 2.20. The van der Waals surface area contributed by atoms with Gasteiger partial charge in [-0.1, -0.05) is 42.5 Å². The van der Waals surface area contributed by atoms with Crippen LogP contribution in [0.4, 0.5) is 9.18 Å². The second-order valence-electron chi connectivity index (χ2n) is 6.35. The molecule has 0 radical (unpaired) electrons. The Bertz CT molecular complexity index is 667. The zero-order valence-corrected chi connectivity index (χ0v) is 14.3. The van der Waals surface area contributed by atoms with E-state index >= 15 is 0 Å². The van der Waals surface area contributed by atoms with Gasteiger partial charge in [-0.2, -0.15) is 0 Å². The number of piperazine rings is 1.